The van der Waals surface area contributed by atoms with Crippen molar-refractivity contribution in [3.63, 3.8) is 0 Å². The summed E-state index contributed by atoms with van der Waals surface area (Å²) in [4.78, 5) is 2.48. The van der Waals surface area contributed by atoms with Crippen LogP contribution in [-0.4, -0.2) is 53.2 Å². The number of rotatable bonds is 11. The molecule has 0 fully saturated rings. The summed E-state index contributed by atoms with van der Waals surface area (Å²) in [5.74, 6) is 0.145. The third kappa shape index (κ3) is 8.27. The third-order valence-corrected chi connectivity index (χ3v) is 4.61. The van der Waals surface area contributed by atoms with Gasteiger partial charge < -0.3 is 14.4 Å². The van der Waals surface area contributed by atoms with Crippen LogP contribution in [0.3, 0.4) is 0 Å². The molecule has 4 heteroatoms. The second-order valence-corrected chi connectivity index (χ2v) is 5.81. The minimum Gasteiger partial charge on any atom is -0.357 e. The van der Waals surface area contributed by atoms with E-state index in [0.717, 1.165) is 13.2 Å². The van der Waals surface area contributed by atoms with Gasteiger partial charge in [-0.05, 0) is 39.9 Å². The molecule has 0 aliphatic heterocycles. The molecule has 0 aromatic carbocycles. The predicted octanol–water partition coefficient (Wildman–Crippen LogP) is 1.66. The summed E-state index contributed by atoms with van der Waals surface area (Å²) in [5.41, 5.74) is 0. The Labute approximate surface area is 103 Å². The lowest BCUT2D eigenvalue weighted by atomic mass is 10.4. The van der Waals surface area contributed by atoms with E-state index in [4.69, 9.17) is 9.47 Å². The van der Waals surface area contributed by atoms with Gasteiger partial charge in [-0.25, -0.2) is 0 Å². The average Bonchev–Trinajstić information content (AvgIpc) is 2.30. The van der Waals surface area contributed by atoms with Crippen molar-refractivity contribution in [2.75, 3.05) is 32.8 Å². The Balaban J connectivity index is 3.52. The van der Waals surface area contributed by atoms with Crippen LogP contribution < -0.4 is 0 Å². The molecular weight excluding hydrogens is 218 g/mol. The fourth-order valence-electron chi connectivity index (χ4n) is 1.77. The molecule has 0 heterocycles. The first-order valence-corrected chi connectivity index (χ1v) is 8.55. The van der Waals surface area contributed by atoms with E-state index in [1.165, 1.54) is 32.1 Å². The van der Waals surface area contributed by atoms with Gasteiger partial charge in [0.15, 0.2) is 0 Å². The van der Waals surface area contributed by atoms with Crippen LogP contribution in [0.5, 0.6) is 0 Å². The van der Waals surface area contributed by atoms with Gasteiger partial charge in [-0.3, -0.25) is 0 Å². The lowest BCUT2D eigenvalue weighted by Crippen LogP contribution is -2.27. The molecule has 0 amide bonds. The van der Waals surface area contributed by atoms with Crippen LogP contribution in [0.1, 0.15) is 34.1 Å². The molecule has 0 atom stereocenters. The van der Waals surface area contributed by atoms with Crippen molar-refractivity contribution in [3.8, 4) is 0 Å². The second kappa shape index (κ2) is 11.6. The van der Waals surface area contributed by atoms with Gasteiger partial charge in [0.2, 0.25) is 0 Å². The van der Waals surface area contributed by atoms with Crippen LogP contribution >= 0.6 is 0 Å². The zero-order valence-electron chi connectivity index (χ0n) is 11.5. The first-order valence-electron chi connectivity index (χ1n) is 6.73. The van der Waals surface area contributed by atoms with Crippen molar-refractivity contribution in [2.45, 2.75) is 46.1 Å². The molecule has 0 bridgehead atoms. The van der Waals surface area contributed by atoms with Gasteiger partial charge in [0.1, 0.15) is 5.91 Å². The molecule has 0 radical (unpaired) electrons. The van der Waals surface area contributed by atoms with Gasteiger partial charge >= 0.3 is 0 Å². The van der Waals surface area contributed by atoms with Crippen LogP contribution in [0.2, 0.25) is 6.04 Å². The molecular formula is C12H29NO2Si. The molecule has 0 aromatic heterocycles. The third-order valence-electron chi connectivity index (χ3n) is 2.76. The molecule has 0 rings (SSSR count). The van der Waals surface area contributed by atoms with Crippen LogP contribution in [0.4, 0.5) is 0 Å². The molecule has 0 aliphatic carbocycles. The van der Waals surface area contributed by atoms with E-state index in [9.17, 15) is 0 Å². The molecule has 0 N–H and O–H groups in total. The molecule has 3 nitrogen and oxygen atoms in total. The summed E-state index contributed by atoms with van der Waals surface area (Å²) in [5, 5.41) is 0. The van der Waals surface area contributed by atoms with Gasteiger partial charge in [0.25, 0.3) is 0 Å². The van der Waals surface area contributed by atoms with Crippen LogP contribution in [-0.2, 0) is 9.47 Å². The average molecular weight is 247 g/mol. The number of hydrogen-bond donors (Lipinski definition) is 0. The van der Waals surface area contributed by atoms with Crippen LogP contribution in [0, 0.1) is 0 Å². The number of nitrogens with zero attached hydrogens (tertiary/aromatic N) is 1. The Bertz CT molecular complexity index is 137. The topological polar surface area (TPSA) is 21.7 Å². The van der Waals surface area contributed by atoms with Gasteiger partial charge in [-0.2, -0.15) is 0 Å². The smallest absolute Gasteiger partial charge is 0.134 e. The summed E-state index contributed by atoms with van der Waals surface area (Å²) in [6, 6.07) is 1.32. The normalized spacial score (nSPS) is 12.4. The van der Waals surface area contributed by atoms with Crippen molar-refractivity contribution in [1.29, 1.82) is 0 Å². The zero-order valence-corrected chi connectivity index (χ0v) is 12.9. The van der Waals surface area contributed by atoms with Crippen LogP contribution in [0.15, 0.2) is 0 Å². The van der Waals surface area contributed by atoms with Crippen molar-refractivity contribution >= 4 is 9.52 Å². The maximum Gasteiger partial charge on any atom is 0.134 e. The maximum absolute atomic E-state index is 5.57. The Morgan fingerprint density at radius 2 is 1.56 bits per heavy atom. The largest absolute Gasteiger partial charge is 0.357 e. The highest BCUT2D eigenvalue weighted by atomic mass is 28.2. The fourth-order valence-corrected chi connectivity index (χ4v) is 3.42. The van der Waals surface area contributed by atoms with Crippen molar-refractivity contribution in [3.05, 3.63) is 0 Å². The molecule has 0 saturated heterocycles. The number of hydrogen-bond acceptors (Lipinski definition) is 3. The minimum atomic E-state index is -0.226. The summed E-state index contributed by atoms with van der Waals surface area (Å²) in [6.45, 7) is 13.6. The first kappa shape index (κ1) is 16.1. The van der Waals surface area contributed by atoms with Gasteiger partial charge in [0.05, 0.1) is 9.52 Å². The summed E-state index contributed by atoms with van der Waals surface area (Å²) in [6.07, 6.45) is 1.30. The SMILES string of the molecule is CCOC(OCC)[SiH2]CCCN(CC)CC. The first-order chi connectivity index (χ1) is 7.78. The maximum atomic E-state index is 5.57. The predicted molar refractivity (Wildman–Crippen MR) is 72.8 cm³/mol. The van der Waals surface area contributed by atoms with Crippen molar-refractivity contribution < 1.29 is 9.47 Å². The molecule has 98 valence electrons. The van der Waals surface area contributed by atoms with Gasteiger partial charge in [-0.15, -0.1) is 0 Å². The standard InChI is InChI=1S/C12H29NO2Si/c1-5-13(6-2)10-9-11-16-12(14-7-3)15-8-4/h12H,5-11,16H2,1-4H3. The highest BCUT2D eigenvalue weighted by Crippen LogP contribution is 2.00. The summed E-state index contributed by atoms with van der Waals surface area (Å²) in [7, 11) is -0.226. The summed E-state index contributed by atoms with van der Waals surface area (Å²) >= 11 is 0. The summed E-state index contributed by atoms with van der Waals surface area (Å²) < 4.78 is 11.1. The second-order valence-electron chi connectivity index (χ2n) is 3.86. The van der Waals surface area contributed by atoms with E-state index in [-0.39, 0.29) is 15.4 Å². The quantitative estimate of drug-likeness (QED) is 0.315. The molecule has 0 aliphatic rings. The highest BCUT2D eigenvalue weighted by molar-refractivity contribution is 6.36. The van der Waals surface area contributed by atoms with E-state index < -0.39 is 0 Å². The highest BCUT2D eigenvalue weighted by Gasteiger charge is 2.08. The van der Waals surface area contributed by atoms with Crippen molar-refractivity contribution in [2.24, 2.45) is 0 Å². The molecule has 0 saturated carbocycles. The lowest BCUT2D eigenvalue weighted by Gasteiger charge is -2.19. The van der Waals surface area contributed by atoms with E-state index >= 15 is 0 Å². The van der Waals surface area contributed by atoms with Gasteiger partial charge in [-0.1, -0.05) is 19.9 Å². The molecule has 0 spiro atoms. The minimum absolute atomic E-state index is 0.145. The lowest BCUT2D eigenvalue weighted by molar-refractivity contribution is -0.0828. The van der Waals surface area contributed by atoms with Gasteiger partial charge in [0, 0.05) is 13.2 Å². The van der Waals surface area contributed by atoms with E-state index in [1.807, 2.05) is 13.8 Å². The fraction of sp³-hybridized carbons (Fsp3) is 1.00. The Morgan fingerprint density at radius 1 is 1.00 bits per heavy atom. The van der Waals surface area contributed by atoms with E-state index in [1.54, 1.807) is 0 Å². The monoisotopic (exact) mass is 247 g/mol. The van der Waals surface area contributed by atoms with E-state index in [2.05, 4.69) is 18.7 Å². The molecule has 0 unspecified atom stereocenters. The Morgan fingerprint density at radius 3 is 2.00 bits per heavy atom. The Kier molecular flexibility index (Phi) is 11.6. The molecule has 16 heavy (non-hydrogen) atoms. The van der Waals surface area contributed by atoms with Crippen LogP contribution in [0.25, 0.3) is 0 Å². The van der Waals surface area contributed by atoms with Crippen molar-refractivity contribution in [1.82, 2.24) is 4.90 Å². The Hall–Kier alpha value is 0.0969. The van der Waals surface area contributed by atoms with E-state index in [0.29, 0.717) is 0 Å². The number of ether oxygens (including phenoxy) is 2. The zero-order chi connectivity index (χ0) is 12.2. The molecule has 0 aromatic rings.